The van der Waals surface area contributed by atoms with E-state index in [1.165, 1.54) is 6.21 Å². The lowest BCUT2D eigenvalue weighted by Crippen LogP contribution is -2.28. The second-order valence-corrected chi connectivity index (χ2v) is 7.86. The van der Waals surface area contributed by atoms with E-state index in [2.05, 4.69) is 39.8 Å². The van der Waals surface area contributed by atoms with Crippen LogP contribution in [0.4, 0.5) is 0 Å². The number of halogens is 1. The molecule has 1 aromatic carbocycles. The molecule has 4 atom stereocenters. The van der Waals surface area contributed by atoms with E-state index in [0.717, 1.165) is 20.6 Å². The van der Waals surface area contributed by atoms with Gasteiger partial charge in [0.1, 0.15) is 0 Å². The summed E-state index contributed by atoms with van der Waals surface area (Å²) in [6.07, 6.45) is 6.60. The van der Waals surface area contributed by atoms with Gasteiger partial charge in [0.05, 0.1) is 35.3 Å². The molecule has 0 radical (unpaired) electrons. The van der Waals surface area contributed by atoms with Crippen LogP contribution < -0.4 is 9.47 Å². The Bertz CT molecular complexity index is 805. The molecule has 1 saturated carbocycles. The summed E-state index contributed by atoms with van der Waals surface area (Å²) in [5.41, 5.74) is 0.744. The smallest absolute Gasteiger partial charge is 0.254 e. The first-order chi connectivity index (χ1) is 12.5. The van der Waals surface area contributed by atoms with Gasteiger partial charge in [-0.2, -0.15) is 10.1 Å². The van der Waals surface area contributed by atoms with Crippen LogP contribution in [0.1, 0.15) is 18.9 Å². The van der Waals surface area contributed by atoms with Crippen LogP contribution in [0.3, 0.4) is 0 Å². The highest BCUT2D eigenvalue weighted by atomic mass is 127. The predicted octanol–water partition coefficient (Wildman–Crippen LogP) is 2.84. The minimum absolute atomic E-state index is 0.180. The van der Waals surface area contributed by atoms with Crippen molar-refractivity contribution in [2.45, 2.75) is 13.3 Å². The van der Waals surface area contributed by atoms with E-state index in [1.54, 1.807) is 13.2 Å². The molecule has 26 heavy (non-hydrogen) atoms. The van der Waals surface area contributed by atoms with E-state index >= 15 is 0 Å². The number of amides is 2. The quantitative estimate of drug-likeness (QED) is 0.290. The molecule has 0 unspecified atom stereocenters. The van der Waals surface area contributed by atoms with Gasteiger partial charge in [0, 0.05) is 0 Å². The Kier molecular flexibility index (Phi) is 4.50. The molecular formula is C19H19IN2O4. The van der Waals surface area contributed by atoms with Gasteiger partial charge in [0.15, 0.2) is 11.5 Å². The van der Waals surface area contributed by atoms with Crippen molar-refractivity contribution in [1.82, 2.24) is 5.01 Å². The highest BCUT2D eigenvalue weighted by molar-refractivity contribution is 14.1. The van der Waals surface area contributed by atoms with Crippen LogP contribution in [0.5, 0.6) is 11.5 Å². The molecule has 6 nitrogen and oxygen atoms in total. The number of nitrogens with zero attached hydrogens (tertiary/aromatic N) is 2. The Morgan fingerprint density at radius 2 is 1.88 bits per heavy atom. The molecule has 0 aromatic heterocycles. The first kappa shape index (κ1) is 17.5. The van der Waals surface area contributed by atoms with Crippen molar-refractivity contribution in [3.63, 3.8) is 0 Å². The summed E-state index contributed by atoms with van der Waals surface area (Å²) >= 11 is 2.17. The second-order valence-electron chi connectivity index (χ2n) is 6.70. The summed E-state index contributed by atoms with van der Waals surface area (Å²) in [5.74, 6) is 0.827. The third-order valence-electron chi connectivity index (χ3n) is 5.31. The summed E-state index contributed by atoms with van der Waals surface area (Å²) in [4.78, 5) is 25.3. The third kappa shape index (κ3) is 2.64. The number of hydrogen-bond acceptors (Lipinski definition) is 5. The lowest BCUT2D eigenvalue weighted by Gasteiger charge is -2.13. The van der Waals surface area contributed by atoms with Crippen molar-refractivity contribution in [3.8, 4) is 11.5 Å². The number of fused-ring (bicyclic) bond motifs is 5. The van der Waals surface area contributed by atoms with Crippen LogP contribution in [0.25, 0.3) is 0 Å². The molecule has 0 spiro atoms. The van der Waals surface area contributed by atoms with Gasteiger partial charge in [-0.3, -0.25) is 9.59 Å². The van der Waals surface area contributed by atoms with Crippen molar-refractivity contribution in [2.24, 2.45) is 28.8 Å². The van der Waals surface area contributed by atoms with Crippen LogP contribution in [-0.4, -0.2) is 36.8 Å². The Labute approximate surface area is 165 Å². The molecule has 1 heterocycles. The number of benzene rings is 1. The summed E-state index contributed by atoms with van der Waals surface area (Å²) < 4.78 is 11.9. The molecule has 1 aromatic rings. The largest absolute Gasteiger partial charge is 0.493 e. The maximum Gasteiger partial charge on any atom is 0.254 e. The molecule has 1 saturated heterocycles. The fourth-order valence-corrected chi connectivity index (χ4v) is 5.00. The minimum atomic E-state index is -0.232. The lowest BCUT2D eigenvalue weighted by molar-refractivity contribution is -0.140. The van der Waals surface area contributed by atoms with Gasteiger partial charge in [-0.1, -0.05) is 12.2 Å². The Balaban J connectivity index is 1.58. The average Bonchev–Trinajstić information content (AvgIpc) is 3.30. The number of hydrogen-bond donors (Lipinski definition) is 0. The molecule has 7 heteroatoms. The van der Waals surface area contributed by atoms with Gasteiger partial charge in [0.25, 0.3) is 11.8 Å². The molecule has 2 aliphatic carbocycles. The number of imide groups is 1. The van der Waals surface area contributed by atoms with Gasteiger partial charge < -0.3 is 9.47 Å². The first-order valence-electron chi connectivity index (χ1n) is 8.65. The molecule has 3 aliphatic rings. The Morgan fingerprint density at radius 1 is 1.23 bits per heavy atom. The van der Waals surface area contributed by atoms with E-state index in [-0.39, 0.29) is 35.5 Å². The summed E-state index contributed by atoms with van der Waals surface area (Å²) in [6.45, 7) is 2.45. The number of methoxy groups -OCH3 is 1. The molecule has 1 aliphatic heterocycles. The topological polar surface area (TPSA) is 68.2 Å². The zero-order valence-electron chi connectivity index (χ0n) is 14.5. The molecule has 2 fully saturated rings. The van der Waals surface area contributed by atoms with E-state index < -0.39 is 0 Å². The minimum Gasteiger partial charge on any atom is -0.493 e. The maximum absolute atomic E-state index is 12.6. The predicted molar refractivity (Wildman–Crippen MR) is 104 cm³/mol. The highest BCUT2D eigenvalue weighted by Gasteiger charge is 2.59. The zero-order chi connectivity index (χ0) is 18.4. The highest BCUT2D eigenvalue weighted by Crippen LogP contribution is 2.52. The standard InChI is InChI=1S/C19H19IN2O4/c1-3-26-17-13(20)6-10(7-14(17)25-2)9-21-22-18(23)15-11-4-5-12(8-11)16(15)19(22)24/h4-7,9,11-12,15-16H,3,8H2,1-2H3/t11-,12-,15-,16+/m0/s1. The maximum atomic E-state index is 12.6. The number of carbonyl (C=O) groups is 2. The van der Waals surface area contributed by atoms with Crippen LogP contribution in [0, 0.1) is 27.2 Å². The van der Waals surface area contributed by atoms with Crippen LogP contribution in [0.2, 0.25) is 0 Å². The normalized spacial score (nSPS) is 29.1. The van der Waals surface area contributed by atoms with Gasteiger partial charge in [-0.15, -0.1) is 0 Å². The number of ether oxygens (including phenoxy) is 2. The van der Waals surface area contributed by atoms with Crippen molar-refractivity contribution >= 4 is 40.6 Å². The SMILES string of the molecule is CCOc1c(I)cc(C=NN2C(=O)[C@@H]3[C@H](C2=O)[C@H]2C=C[C@H]3C2)cc1OC. The summed E-state index contributed by atoms with van der Waals surface area (Å²) in [7, 11) is 1.58. The van der Waals surface area contributed by atoms with Gasteiger partial charge in [-0.25, -0.2) is 0 Å². The monoisotopic (exact) mass is 466 g/mol. The van der Waals surface area contributed by atoms with E-state index in [0.29, 0.717) is 18.1 Å². The Morgan fingerprint density at radius 3 is 2.46 bits per heavy atom. The average molecular weight is 466 g/mol. The number of carbonyl (C=O) groups excluding carboxylic acids is 2. The molecule has 4 rings (SSSR count). The van der Waals surface area contributed by atoms with E-state index in [9.17, 15) is 9.59 Å². The molecule has 2 amide bonds. The molecule has 2 bridgehead atoms. The summed E-state index contributed by atoms with van der Waals surface area (Å²) in [6, 6.07) is 3.67. The van der Waals surface area contributed by atoms with Gasteiger partial charge in [-0.05, 0) is 65.5 Å². The second kappa shape index (κ2) is 6.68. The third-order valence-corrected chi connectivity index (χ3v) is 6.11. The molecular weight excluding hydrogens is 447 g/mol. The fraction of sp³-hybridized carbons (Fsp3) is 0.421. The van der Waals surface area contributed by atoms with E-state index in [1.807, 2.05) is 13.0 Å². The number of hydrazone groups is 1. The first-order valence-corrected chi connectivity index (χ1v) is 9.73. The zero-order valence-corrected chi connectivity index (χ0v) is 16.7. The van der Waals surface area contributed by atoms with Gasteiger partial charge >= 0.3 is 0 Å². The van der Waals surface area contributed by atoms with Crippen molar-refractivity contribution in [2.75, 3.05) is 13.7 Å². The fourth-order valence-electron chi connectivity index (χ4n) is 4.22. The van der Waals surface area contributed by atoms with Crippen molar-refractivity contribution < 1.29 is 19.1 Å². The molecule has 0 N–H and O–H groups in total. The number of allylic oxidation sites excluding steroid dienone is 2. The van der Waals surface area contributed by atoms with Crippen LogP contribution in [-0.2, 0) is 9.59 Å². The van der Waals surface area contributed by atoms with Crippen molar-refractivity contribution in [3.05, 3.63) is 33.4 Å². The lowest BCUT2D eigenvalue weighted by atomic mass is 9.85. The van der Waals surface area contributed by atoms with Gasteiger partial charge in [0.2, 0.25) is 0 Å². The van der Waals surface area contributed by atoms with Crippen LogP contribution in [0.15, 0.2) is 29.4 Å². The van der Waals surface area contributed by atoms with E-state index in [4.69, 9.17) is 9.47 Å². The van der Waals surface area contributed by atoms with Crippen molar-refractivity contribution in [1.29, 1.82) is 0 Å². The number of rotatable bonds is 5. The Hall–Kier alpha value is -1.90. The van der Waals surface area contributed by atoms with Crippen LogP contribution >= 0.6 is 22.6 Å². The molecule has 136 valence electrons. The summed E-state index contributed by atoms with van der Waals surface area (Å²) in [5, 5.41) is 5.26.